The van der Waals surface area contributed by atoms with Gasteiger partial charge in [0.05, 0.1) is 33.8 Å². The van der Waals surface area contributed by atoms with Crippen LogP contribution in [0.25, 0.3) is 0 Å². The van der Waals surface area contributed by atoms with Gasteiger partial charge in [-0.25, -0.2) is 0 Å². The van der Waals surface area contributed by atoms with Crippen molar-refractivity contribution in [2.45, 2.75) is 39.2 Å². The van der Waals surface area contributed by atoms with Gasteiger partial charge in [-0.05, 0) is 19.3 Å². The third kappa shape index (κ3) is 10.4. The Hall–Kier alpha value is -0.360. The molecule has 0 saturated heterocycles. The summed E-state index contributed by atoms with van der Waals surface area (Å²) >= 11 is 0. The molecule has 0 aromatic heterocycles. The van der Waals surface area contributed by atoms with Crippen LogP contribution in [-0.2, 0) is 4.79 Å². The summed E-state index contributed by atoms with van der Waals surface area (Å²) in [5.41, 5.74) is 5.41. The van der Waals surface area contributed by atoms with Crippen LogP contribution in [0.2, 0.25) is 0 Å². The molecular weight excluding hydrogens is 278 g/mol. The van der Waals surface area contributed by atoms with E-state index in [1.165, 1.54) is 13.0 Å². The molecule has 4 N–H and O–H groups in total. The SMILES string of the molecule is CCC[N+](C)(C)CC(C)CCCNC(=O)[C@@H](N)CO.[Cl-]. The normalized spacial score (nSPS) is 14.3. The minimum Gasteiger partial charge on any atom is -1.00 e. The Labute approximate surface area is 129 Å². The number of rotatable bonds is 10. The van der Waals surface area contributed by atoms with Crippen molar-refractivity contribution in [1.29, 1.82) is 0 Å². The van der Waals surface area contributed by atoms with Crippen LogP contribution < -0.4 is 23.5 Å². The van der Waals surface area contributed by atoms with Crippen molar-refractivity contribution in [3.05, 3.63) is 0 Å². The van der Waals surface area contributed by atoms with Crippen LogP contribution in [0.1, 0.15) is 33.1 Å². The molecule has 2 atom stereocenters. The zero-order chi connectivity index (χ0) is 14.9. The highest BCUT2D eigenvalue weighted by atomic mass is 35.5. The molecule has 0 aliphatic rings. The second-order valence-corrected chi connectivity index (χ2v) is 6.17. The van der Waals surface area contributed by atoms with Crippen molar-refractivity contribution >= 4 is 5.91 Å². The van der Waals surface area contributed by atoms with Gasteiger partial charge in [-0.1, -0.05) is 13.8 Å². The zero-order valence-corrected chi connectivity index (χ0v) is 14.1. The van der Waals surface area contributed by atoms with Gasteiger partial charge in [0.25, 0.3) is 0 Å². The Morgan fingerprint density at radius 3 is 2.50 bits per heavy atom. The molecule has 0 rings (SSSR count). The lowest BCUT2D eigenvalue weighted by Crippen LogP contribution is -3.00. The molecule has 0 fully saturated rings. The third-order valence-corrected chi connectivity index (χ3v) is 3.34. The van der Waals surface area contributed by atoms with Crippen LogP contribution in [-0.4, -0.2) is 61.9 Å². The number of carbonyl (C=O) groups excluding carboxylic acids is 1. The highest BCUT2D eigenvalue weighted by Gasteiger charge is 2.18. The Morgan fingerprint density at radius 1 is 1.40 bits per heavy atom. The number of hydrogen-bond acceptors (Lipinski definition) is 3. The number of carbonyl (C=O) groups is 1. The molecular formula is C14H32ClN3O2. The molecule has 0 aliphatic heterocycles. The first-order valence-corrected chi connectivity index (χ1v) is 7.28. The van der Waals surface area contributed by atoms with Crippen molar-refractivity contribution in [2.24, 2.45) is 11.7 Å². The fraction of sp³-hybridized carbons (Fsp3) is 0.929. The second kappa shape index (κ2) is 11.3. The highest BCUT2D eigenvalue weighted by molar-refractivity contribution is 5.81. The number of hydrogen-bond donors (Lipinski definition) is 3. The molecule has 0 aromatic rings. The van der Waals surface area contributed by atoms with E-state index in [4.69, 9.17) is 10.8 Å². The van der Waals surface area contributed by atoms with Crippen molar-refractivity contribution in [1.82, 2.24) is 5.32 Å². The van der Waals surface area contributed by atoms with Crippen LogP contribution in [0, 0.1) is 5.92 Å². The number of nitrogens with zero attached hydrogens (tertiary/aromatic N) is 1. The maximum absolute atomic E-state index is 11.3. The average molecular weight is 310 g/mol. The summed E-state index contributed by atoms with van der Waals surface area (Å²) in [6, 6.07) is -0.794. The van der Waals surface area contributed by atoms with Gasteiger partial charge >= 0.3 is 0 Å². The van der Waals surface area contributed by atoms with Gasteiger partial charge in [0.2, 0.25) is 5.91 Å². The van der Waals surface area contributed by atoms with E-state index in [1.807, 2.05) is 0 Å². The first-order valence-electron chi connectivity index (χ1n) is 7.28. The van der Waals surface area contributed by atoms with Crippen LogP contribution in [0.3, 0.4) is 0 Å². The van der Waals surface area contributed by atoms with E-state index in [9.17, 15) is 4.79 Å². The summed E-state index contributed by atoms with van der Waals surface area (Å²) in [6.07, 6.45) is 3.26. The fourth-order valence-corrected chi connectivity index (χ4v) is 2.51. The van der Waals surface area contributed by atoms with E-state index in [1.54, 1.807) is 0 Å². The Balaban J connectivity index is 0. The molecule has 0 saturated carbocycles. The molecule has 0 aromatic carbocycles. The van der Waals surface area contributed by atoms with Crippen molar-refractivity contribution in [3.63, 3.8) is 0 Å². The number of aliphatic hydroxyl groups excluding tert-OH is 1. The van der Waals surface area contributed by atoms with Gasteiger partial charge in [0.1, 0.15) is 6.04 Å². The van der Waals surface area contributed by atoms with E-state index in [0.717, 1.165) is 23.9 Å². The summed E-state index contributed by atoms with van der Waals surface area (Å²) in [7, 11) is 4.53. The maximum atomic E-state index is 11.3. The van der Waals surface area contributed by atoms with Gasteiger partial charge < -0.3 is 33.0 Å². The lowest BCUT2D eigenvalue weighted by atomic mass is 10.0. The lowest BCUT2D eigenvalue weighted by molar-refractivity contribution is -0.893. The largest absolute Gasteiger partial charge is 1.00 e. The van der Waals surface area contributed by atoms with Gasteiger partial charge in [0.15, 0.2) is 0 Å². The Morgan fingerprint density at radius 2 is 2.00 bits per heavy atom. The molecule has 1 amide bonds. The van der Waals surface area contributed by atoms with Gasteiger partial charge in [-0.15, -0.1) is 0 Å². The highest BCUT2D eigenvalue weighted by Crippen LogP contribution is 2.11. The monoisotopic (exact) mass is 309 g/mol. The summed E-state index contributed by atoms with van der Waals surface area (Å²) in [6.45, 7) is 7.18. The smallest absolute Gasteiger partial charge is 0.239 e. The Kier molecular flexibility index (Phi) is 12.4. The third-order valence-electron chi connectivity index (χ3n) is 3.34. The molecule has 0 bridgehead atoms. The number of quaternary nitrogens is 1. The molecule has 0 radical (unpaired) electrons. The molecule has 122 valence electrons. The zero-order valence-electron chi connectivity index (χ0n) is 13.4. The van der Waals surface area contributed by atoms with Crippen LogP contribution in [0.5, 0.6) is 0 Å². The second-order valence-electron chi connectivity index (χ2n) is 6.17. The van der Waals surface area contributed by atoms with Crippen molar-refractivity contribution in [3.8, 4) is 0 Å². The van der Waals surface area contributed by atoms with E-state index < -0.39 is 6.04 Å². The quantitative estimate of drug-likeness (QED) is 0.304. The van der Waals surface area contributed by atoms with Crippen molar-refractivity contribution in [2.75, 3.05) is 40.3 Å². The summed E-state index contributed by atoms with van der Waals surface area (Å²) in [5.74, 6) is 0.377. The number of nitrogens with one attached hydrogen (secondary N) is 1. The van der Waals surface area contributed by atoms with Crippen LogP contribution >= 0.6 is 0 Å². The molecule has 0 aliphatic carbocycles. The molecule has 20 heavy (non-hydrogen) atoms. The predicted octanol–water partition coefficient (Wildman–Crippen LogP) is -2.67. The molecule has 0 spiro atoms. The number of nitrogens with two attached hydrogens (primary N) is 1. The predicted molar refractivity (Wildman–Crippen MR) is 78.6 cm³/mol. The van der Waals surface area contributed by atoms with E-state index in [0.29, 0.717) is 12.5 Å². The lowest BCUT2D eigenvalue weighted by Gasteiger charge is -2.32. The van der Waals surface area contributed by atoms with Crippen LogP contribution in [0.15, 0.2) is 0 Å². The topological polar surface area (TPSA) is 75.4 Å². The minimum atomic E-state index is -0.794. The molecule has 6 heteroatoms. The number of halogens is 1. The van der Waals surface area contributed by atoms with Gasteiger partial charge in [-0.3, -0.25) is 4.79 Å². The van der Waals surface area contributed by atoms with E-state index >= 15 is 0 Å². The molecule has 5 nitrogen and oxygen atoms in total. The van der Waals surface area contributed by atoms with Crippen molar-refractivity contribution < 1.29 is 26.8 Å². The van der Waals surface area contributed by atoms with E-state index in [2.05, 4.69) is 33.3 Å². The maximum Gasteiger partial charge on any atom is 0.239 e. The minimum absolute atomic E-state index is 0. The average Bonchev–Trinajstić information content (AvgIpc) is 2.32. The Bertz CT molecular complexity index is 263. The first-order chi connectivity index (χ1) is 8.82. The van der Waals surface area contributed by atoms with Gasteiger partial charge in [0, 0.05) is 12.5 Å². The van der Waals surface area contributed by atoms with Gasteiger partial charge in [-0.2, -0.15) is 0 Å². The summed E-state index contributed by atoms with van der Waals surface area (Å²) in [5, 5.41) is 11.5. The molecule has 1 unspecified atom stereocenters. The first kappa shape index (κ1) is 21.9. The number of aliphatic hydroxyl groups is 1. The fourth-order valence-electron chi connectivity index (χ4n) is 2.51. The van der Waals surface area contributed by atoms with E-state index in [-0.39, 0.29) is 24.9 Å². The number of amides is 1. The summed E-state index contributed by atoms with van der Waals surface area (Å²) in [4.78, 5) is 11.3. The molecule has 0 heterocycles. The standard InChI is InChI=1S/C14H31N3O2.ClH/c1-5-9-17(3,4)10-12(2)7-6-8-16-14(19)13(15)11-18;/h12-13,18H,5-11,15H2,1-4H3;1H/t12?,13-;/m0./s1. The summed E-state index contributed by atoms with van der Waals surface area (Å²) < 4.78 is 1.05. The van der Waals surface area contributed by atoms with Crippen LogP contribution in [0.4, 0.5) is 0 Å².